The van der Waals surface area contributed by atoms with Crippen LogP contribution in [0.5, 0.6) is 0 Å². The molecule has 0 fully saturated rings. The molecule has 0 bridgehead atoms. The Bertz CT molecular complexity index is 371. The molecule has 1 rings (SSSR count). The van der Waals surface area contributed by atoms with Crippen LogP contribution in [0, 0.1) is 11.3 Å². The standard InChI is InChI=1S/C11H12Cl2N2/c1-15(7-5-14)6-4-9-2-3-10(12)11(13)8-9/h2-3,8H,4,6-7H2,1H3. The van der Waals surface area contributed by atoms with Crippen LogP contribution in [0.4, 0.5) is 0 Å². The van der Waals surface area contributed by atoms with E-state index in [1.807, 2.05) is 24.1 Å². The second kappa shape index (κ2) is 5.97. The van der Waals surface area contributed by atoms with Crippen molar-refractivity contribution in [3.63, 3.8) is 0 Å². The zero-order chi connectivity index (χ0) is 11.3. The lowest BCUT2D eigenvalue weighted by molar-refractivity contribution is 0.379. The highest BCUT2D eigenvalue weighted by Crippen LogP contribution is 2.22. The van der Waals surface area contributed by atoms with Crippen molar-refractivity contribution in [2.75, 3.05) is 20.1 Å². The van der Waals surface area contributed by atoms with Gasteiger partial charge in [0.1, 0.15) is 0 Å². The predicted octanol–water partition coefficient (Wildman–Crippen LogP) is 2.99. The van der Waals surface area contributed by atoms with Crippen molar-refractivity contribution in [2.45, 2.75) is 6.42 Å². The quantitative estimate of drug-likeness (QED) is 0.760. The van der Waals surface area contributed by atoms with E-state index < -0.39 is 0 Å². The van der Waals surface area contributed by atoms with Gasteiger partial charge in [0.25, 0.3) is 0 Å². The molecule has 0 aliphatic rings. The first-order valence-electron chi connectivity index (χ1n) is 4.63. The summed E-state index contributed by atoms with van der Waals surface area (Å²) in [6.07, 6.45) is 0.870. The molecule has 0 radical (unpaired) electrons. The van der Waals surface area contributed by atoms with Gasteiger partial charge in [-0.2, -0.15) is 5.26 Å². The van der Waals surface area contributed by atoms with Crippen molar-refractivity contribution in [3.05, 3.63) is 33.8 Å². The van der Waals surface area contributed by atoms with Gasteiger partial charge in [0, 0.05) is 6.54 Å². The van der Waals surface area contributed by atoms with E-state index in [0.29, 0.717) is 16.6 Å². The van der Waals surface area contributed by atoms with E-state index in [0.717, 1.165) is 18.5 Å². The fourth-order valence-electron chi connectivity index (χ4n) is 1.21. The van der Waals surface area contributed by atoms with E-state index in [1.165, 1.54) is 0 Å². The molecule has 0 N–H and O–H groups in total. The molecule has 0 heterocycles. The van der Waals surface area contributed by atoms with Gasteiger partial charge < -0.3 is 0 Å². The average Bonchev–Trinajstić information content (AvgIpc) is 2.20. The van der Waals surface area contributed by atoms with E-state index in [2.05, 4.69) is 6.07 Å². The van der Waals surface area contributed by atoms with Gasteiger partial charge in [-0.3, -0.25) is 4.90 Å². The Hall–Kier alpha value is -0.750. The van der Waals surface area contributed by atoms with Crippen molar-refractivity contribution in [1.29, 1.82) is 5.26 Å². The molecular formula is C11H12Cl2N2. The van der Waals surface area contributed by atoms with Gasteiger partial charge in [-0.1, -0.05) is 29.3 Å². The maximum absolute atomic E-state index is 8.48. The van der Waals surface area contributed by atoms with Crippen LogP contribution in [-0.2, 0) is 6.42 Å². The predicted molar refractivity (Wildman–Crippen MR) is 63.3 cm³/mol. The third kappa shape index (κ3) is 4.09. The highest BCUT2D eigenvalue weighted by molar-refractivity contribution is 6.42. The molecule has 80 valence electrons. The topological polar surface area (TPSA) is 27.0 Å². The zero-order valence-corrected chi connectivity index (χ0v) is 10.0. The summed E-state index contributed by atoms with van der Waals surface area (Å²) in [5, 5.41) is 9.64. The Morgan fingerprint density at radius 1 is 1.33 bits per heavy atom. The summed E-state index contributed by atoms with van der Waals surface area (Å²) < 4.78 is 0. The van der Waals surface area contributed by atoms with Crippen LogP contribution in [0.3, 0.4) is 0 Å². The highest BCUT2D eigenvalue weighted by atomic mass is 35.5. The molecule has 0 saturated heterocycles. The van der Waals surface area contributed by atoms with Crippen LogP contribution >= 0.6 is 23.2 Å². The maximum atomic E-state index is 8.48. The largest absolute Gasteiger partial charge is 0.293 e. The van der Waals surface area contributed by atoms with Crippen LogP contribution in [-0.4, -0.2) is 25.0 Å². The number of hydrogen-bond acceptors (Lipinski definition) is 2. The SMILES string of the molecule is CN(CC#N)CCc1ccc(Cl)c(Cl)c1. The van der Waals surface area contributed by atoms with E-state index in [-0.39, 0.29) is 0 Å². The van der Waals surface area contributed by atoms with Crippen LogP contribution in [0.25, 0.3) is 0 Å². The smallest absolute Gasteiger partial charge is 0.0863 e. The monoisotopic (exact) mass is 242 g/mol. The molecule has 0 amide bonds. The zero-order valence-electron chi connectivity index (χ0n) is 8.50. The molecule has 0 saturated carbocycles. The summed E-state index contributed by atoms with van der Waals surface area (Å²) in [6, 6.07) is 7.72. The van der Waals surface area contributed by atoms with E-state index >= 15 is 0 Å². The minimum absolute atomic E-state index is 0.446. The number of halogens is 2. The summed E-state index contributed by atoms with van der Waals surface area (Å²) >= 11 is 11.7. The van der Waals surface area contributed by atoms with Gasteiger partial charge in [0.15, 0.2) is 0 Å². The van der Waals surface area contributed by atoms with Crippen LogP contribution in [0.15, 0.2) is 18.2 Å². The maximum Gasteiger partial charge on any atom is 0.0863 e. The first-order chi connectivity index (χ1) is 7.13. The van der Waals surface area contributed by atoms with Gasteiger partial charge in [0.05, 0.1) is 22.7 Å². The minimum atomic E-state index is 0.446. The third-order valence-corrected chi connectivity index (χ3v) is 2.85. The lowest BCUT2D eigenvalue weighted by atomic mass is 10.1. The molecule has 1 aromatic carbocycles. The number of likely N-dealkylation sites (N-methyl/N-ethyl adjacent to an activating group) is 1. The summed E-state index contributed by atoms with van der Waals surface area (Å²) in [5.41, 5.74) is 1.13. The van der Waals surface area contributed by atoms with Crippen LogP contribution in [0.1, 0.15) is 5.56 Å². The number of nitriles is 1. The highest BCUT2D eigenvalue weighted by Gasteiger charge is 2.01. The lowest BCUT2D eigenvalue weighted by Gasteiger charge is -2.12. The Labute approximate surface area is 100 Å². The number of nitrogens with zero attached hydrogens (tertiary/aromatic N) is 2. The van der Waals surface area contributed by atoms with Gasteiger partial charge in [-0.25, -0.2) is 0 Å². The average molecular weight is 243 g/mol. The first kappa shape index (κ1) is 12.3. The van der Waals surface area contributed by atoms with Gasteiger partial charge in [-0.05, 0) is 31.2 Å². The van der Waals surface area contributed by atoms with Crippen molar-refractivity contribution >= 4 is 23.2 Å². The summed E-state index contributed by atoms with van der Waals surface area (Å²) in [6.45, 7) is 1.28. The molecule has 4 heteroatoms. The van der Waals surface area contributed by atoms with E-state index in [1.54, 1.807) is 6.07 Å². The second-order valence-electron chi connectivity index (χ2n) is 3.39. The van der Waals surface area contributed by atoms with Gasteiger partial charge in [0.2, 0.25) is 0 Å². The Morgan fingerprint density at radius 3 is 2.67 bits per heavy atom. The third-order valence-electron chi connectivity index (χ3n) is 2.11. The van der Waals surface area contributed by atoms with Crippen LogP contribution in [0.2, 0.25) is 10.0 Å². The lowest BCUT2D eigenvalue weighted by Crippen LogP contribution is -2.21. The molecule has 0 atom stereocenters. The fraction of sp³-hybridized carbons (Fsp3) is 0.364. The number of hydrogen-bond donors (Lipinski definition) is 0. The Morgan fingerprint density at radius 2 is 2.07 bits per heavy atom. The van der Waals surface area contributed by atoms with Crippen LogP contribution < -0.4 is 0 Å². The Balaban J connectivity index is 2.51. The minimum Gasteiger partial charge on any atom is -0.293 e. The van der Waals surface area contributed by atoms with Gasteiger partial charge >= 0.3 is 0 Å². The molecule has 0 unspecified atom stereocenters. The molecule has 2 nitrogen and oxygen atoms in total. The first-order valence-corrected chi connectivity index (χ1v) is 5.38. The molecule has 0 spiro atoms. The number of benzene rings is 1. The van der Waals surface area contributed by atoms with E-state index in [9.17, 15) is 0 Å². The molecule has 0 aliphatic heterocycles. The van der Waals surface area contributed by atoms with Crippen molar-refractivity contribution < 1.29 is 0 Å². The molecule has 0 aliphatic carbocycles. The molecule has 1 aromatic rings. The van der Waals surface area contributed by atoms with Crippen molar-refractivity contribution in [3.8, 4) is 6.07 Å². The summed E-state index contributed by atoms with van der Waals surface area (Å²) in [4.78, 5) is 1.96. The Kier molecular flexibility index (Phi) is 4.90. The molecule has 0 aromatic heterocycles. The summed E-state index contributed by atoms with van der Waals surface area (Å²) in [7, 11) is 1.92. The number of rotatable bonds is 4. The van der Waals surface area contributed by atoms with E-state index in [4.69, 9.17) is 28.5 Å². The molecular weight excluding hydrogens is 231 g/mol. The fourth-order valence-corrected chi connectivity index (χ4v) is 1.54. The van der Waals surface area contributed by atoms with Crippen molar-refractivity contribution in [2.24, 2.45) is 0 Å². The second-order valence-corrected chi connectivity index (χ2v) is 4.21. The van der Waals surface area contributed by atoms with Crippen molar-refractivity contribution in [1.82, 2.24) is 4.90 Å². The van der Waals surface area contributed by atoms with Gasteiger partial charge in [-0.15, -0.1) is 0 Å². The summed E-state index contributed by atoms with van der Waals surface area (Å²) in [5.74, 6) is 0. The normalized spacial score (nSPS) is 10.3. The molecule has 15 heavy (non-hydrogen) atoms.